The molecule has 0 saturated heterocycles. The monoisotopic (exact) mass is 368 g/mol. The molecule has 134 valence electrons. The summed E-state index contributed by atoms with van der Waals surface area (Å²) < 4.78 is 5.85. The molecular formula is C20H21ClN4O. The highest BCUT2D eigenvalue weighted by Gasteiger charge is 2.08. The summed E-state index contributed by atoms with van der Waals surface area (Å²) in [6, 6.07) is 17.1. The average Bonchev–Trinajstić information content (AvgIpc) is 2.56. The molecule has 0 aliphatic heterocycles. The van der Waals surface area contributed by atoms with Gasteiger partial charge in [-0.2, -0.15) is 0 Å². The smallest absolute Gasteiger partial charge is 0.143 e. The number of benzene rings is 2. The van der Waals surface area contributed by atoms with E-state index in [1.807, 2.05) is 75.4 Å². The number of rotatable bonds is 6. The second-order valence-electron chi connectivity index (χ2n) is 6.11. The lowest BCUT2D eigenvalue weighted by Gasteiger charge is -2.16. The van der Waals surface area contributed by atoms with E-state index in [1.165, 1.54) is 0 Å². The highest BCUT2D eigenvalue weighted by molar-refractivity contribution is 6.30. The number of ether oxygens (including phenoxy) is 1. The molecule has 0 atom stereocenters. The zero-order valence-corrected chi connectivity index (χ0v) is 15.7. The van der Waals surface area contributed by atoms with Crippen molar-refractivity contribution < 1.29 is 4.74 Å². The number of nitrogens with zero attached hydrogens (tertiary/aromatic N) is 2. The Kier molecular flexibility index (Phi) is 5.58. The fourth-order valence-corrected chi connectivity index (χ4v) is 2.66. The van der Waals surface area contributed by atoms with Crippen molar-refractivity contribution >= 4 is 34.6 Å². The third kappa shape index (κ3) is 4.86. The topological polar surface area (TPSA) is 59.1 Å². The van der Waals surface area contributed by atoms with Crippen LogP contribution in [0.4, 0.5) is 23.0 Å². The van der Waals surface area contributed by atoms with Crippen LogP contribution in [0, 0.1) is 6.92 Å². The molecule has 0 aliphatic carbocycles. The zero-order chi connectivity index (χ0) is 18.5. The molecule has 0 amide bonds. The molecule has 5 nitrogen and oxygen atoms in total. The molecule has 1 heterocycles. The van der Waals surface area contributed by atoms with E-state index in [0.717, 1.165) is 17.1 Å². The van der Waals surface area contributed by atoms with Crippen LogP contribution in [0.15, 0.2) is 54.6 Å². The van der Waals surface area contributed by atoms with Gasteiger partial charge in [-0.25, -0.2) is 9.97 Å². The van der Waals surface area contributed by atoms with E-state index in [2.05, 4.69) is 20.6 Å². The van der Waals surface area contributed by atoms with Gasteiger partial charge in [0, 0.05) is 16.8 Å². The van der Waals surface area contributed by atoms with Crippen LogP contribution in [-0.2, 0) is 0 Å². The Bertz CT molecular complexity index is 898. The van der Waals surface area contributed by atoms with E-state index < -0.39 is 0 Å². The SMILES string of the molecule is Cc1nc(Nc2cccc(Cl)c2)cc(Nc2ccccc2OC(C)C)n1. The van der Waals surface area contributed by atoms with Crippen molar-refractivity contribution in [1.82, 2.24) is 9.97 Å². The van der Waals surface area contributed by atoms with Crippen LogP contribution in [0.1, 0.15) is 19.7 Å². The van der Waals surface area contributed by atoms with E-state index >= 15 is 0 Å². The van der Waals surface area contributed by atoms with Gasteiger partial charge in [-0.1, -0.05) is 29.8 Å². The summed E-state index contributed by atoms with van der Waals surface area (Å²) in [5.74, 6) is 2.80. The van der Waals surface area contributed by atoms with E-state index in [9.17, 15) is 0 Å². The first kappa shape index (κ1) is 18.0. The van der Waals surface area contributed by atoms with E-state index in [0.29, 0.717) is 22.5 Å². The van der Waals surface area contributed by atoms with Crippen LogP contribution in [0.25, 0.3) is 0 Å². The Morgan fingerprint density at radius 3 is 2.38 bits per heavy atom. The Morgan fingerprint density at radius 2 is 1.65 bits per heavy atom. The van der Waals surface area contributed by atoms with Crippen molar-refractivity contribution in [3.05, 3.63) is 65.4 Å². The Morgan fingerprint density at radius 1 is 0.923 bits per heavy atom. The maximum atomic E-state index is 6.04. The molecule has 3 rings (SSSR count). The van der Waals surface area contributed by atoms with Crippen molar-refractivity contribution in [2.24, 2.45) is 0 Å². The van der Waals surface area contributed by atoms with Crippen molar-refractivity contribution in [2.75, 3.05) is 10.6 Å². The molecule has 26 heavy (non-hydrogen) atoms. The number of halogens is 1. The number of anilines is 4. The third-order valence-electron chi connectivity index (χ3n) is 3.45. The van der Waals surface area contributed by atoms with Gasteiger partial charge in [-0.3, -0.25) is 0 Å². The standard InChI is InChI=1S/C20H21ClN4O/c1-13(2)26-18-10-5-4-9-17(18)25-20-12-19(22-14(3)23-20)24-16-8-6-7-15(21)11-16/h4-13H,1-3H3,(H2,22,23,24,25). The van der Waals surface area contributed by atoms with Gasteiger partial charge in [0.1, 0.15) is 23.2 Å². The van der Waals surface area contributed by atoms with Gasteiger partial charge < -0.3 is 15.4 Å². The van der Waals surface area contributed by atoms with Crippen LogP contribution < -0.4 is 15.4 Å². The molecule has 2 N–H and O–H groups in total. The molecule has 0 aliphatic rings. The predicted molar refractivity (Wildman–Crippen MR) is 107 cm³/mol. The Labute approximate surface area is 158 Å². The van der Waals surface area contributed by atoms with Gasteiger partial charge in [0.15, 0.2) is 0 Å². The number of nitrogens with one attached hydrogen (secondary N) is 2. The number of hydrogen-bond acceptors (Lipinski definition) is 5. The molecular weight excluding hydrogens is 348 g/mol. The van der Waals surface area contributed by atoms with Crippen molar-refractivity contribution in [3.63, 3.8) is 0 Å². The summed E-state index contributed by atoms with van der Waals surface area (Å²) in [6.45, 7) is 5.85. The molecule has 2 aromatic carbocycles. The van der Waals surface area contributed by atoms with Gasteiger partial charge in [0.05, 0.1) is 11.8 Å². The lowest BCUT2D eigenvalue weighted by molar-refractivity contribution is 0.244. The lowest BCUT2D eigenvalue weighted by Crippen LogP contribution is -2.08. The summed E-state index contributed by atoms with van der Waals surface area (Å²) in [5.41, 5.74) is 1.72. The minimum absolute atomic E-state index is 0.0881. The molecule has 0 fully saturated rings. The second kappa shape index (κ2) is 8.06. The van der Waals surface area contributed by atoms with E-state index in [-0.39, 0.29) is 6.10 Å². The molecule has 0 unspecified atom stereocenters. The minimum atomic E-state index is 0.0881. The molecule has 6 heteroatoms. The minimum Gasteiger partial charge on any atom is -0.489 e. The largest absolute Gasteiger partial charge is 0.489 e. The van der Waals surface area contributed by atoms with Crippen LogP contribution in [0.2, 0.25) is 5.02 Å². The first-order chi connectivity index (χ1) is 12.5. The van der Waals surface area contributed by atoms with Crippen molar-refractivity contribution in [2.45, 2.75) is 26.9 Å². The Hall–Kier alpha value is -2.79. The van der Waals surface area contributed by atoms with Gasteiger partial charge in [-0.05, 0) is 51.1 Å². The first-order valence-electron chi connectivity index (χ1n) is 8.40. The molecule has 1 aromatic heterocycles. The Balaban J connectivity index is 1.84. The molecule has 0 saturated carbocycles. The highest BCUT2D eigenvalue weighted by Crippen LogP contribution is 2.29. The lowest BCUT2D eigenvalue weighted by atomic mass is 10.3. The van der Waals surface area contributed by atoms with Gasteiger partial charge >= 0.3 is 0 Å². The zero-order valence-electron chi connectivity index (χ0n) is 15.0. The molecule has 0 radical (unpaired) electrons. The quantitative estimate of drug-likeness (QED) is 0.583. The highest BCUT2D eigenvalue weighted by atomic mass is 35.5. The second-order valence-corrected chi connectivity index (χ2v) is 6.55. The summed E-state index contributed by atoms with van der Waals surface area (Å²) >= 11 is 6.04. The number of aromatic nitrogens is 2. The fraction of sp³-hybridized carbons (Fsp3) is 0.200. The third-order valence-corrected chi connectivity index (χ3v) is 3.68. The average molecular weight is 369 g/mol. The van der Waals surface area contributed by atoms with Gasteiger partial charge in [0.25, 0.3) is 0 Å². The number of hydrogen-bond donors (Lipinski definition) is 2. The molecule has 0 bridgehead atoms. The van der Waals surface area contributed by atoms with Crippen molar-refractivity contribution in [1.29, 1.82) is 0 Å². The van der Waals surface area contributed by atoms with Crippen LogP contribution >= 0.6 is 11.6 Å². The predicted octanol–water partition coefficient (Wildman–Crippen LogP) is 5.71. The maximum Gasteiger partial charge on any atom is 0.143 e. The molecule has 0 spiro atoms. The fourth-order valence-electron chi connectivity index (χ4n) is 2.47. The van der Waals surface area contributed by atoms with E-state index in [1.54, 1.807) is 0 Å². The van der Waals surface area contributed by atoms with Crippen molar-refractivity contribution in [3.8, 4) is 5.75 Å². The number of aryl methyl sites for hydroxylation is 1. The summed E-state index contributed by atoms with van der Waals surface area (Å²) in [4.78, 5) is 8.90. The summed E-state index contributed by atoms with van der Waals surface area (Å²) in [6.07, 6.45) is 0.0881. The van der Waals surface area contributed by atoms with E-state index in [4.69, 9.17) is 16.3 Å². The van der Waals surface area contributed by atoms with Gasteiger partial charge in [-0.15, -0.1) is 0 Å². The maximum absolute atomic E-state index is 6.04. The van der Waals surface area contributed by atoms with Crippen LogP contribution in [-0.4, -0.2) is 16.1 Å². The normalized spacial score (nSPS) is 10.7. The summed E-state index contributed by atoms with van der Waals surface area (Å²) in [5, 5.41) is 7.23. The number of para-hydroxylation sites is 2. The first-order valence-corrected chi connectivity index (χ1v) is 8.78. The van der Waals surface area contributed by atoms with Crippen LogP contribution in [0.5, 0.6) is 5.75 Å². The van der Waals surface area contributed by atoms with Crippen LogP contribution in [0.3, 0.4) is 0 Å². The molecule has 3 aromatic rings. The summed E-state index contributed by atoms with van der Waals surface area (Å²) in [7, 11) is 0. The van der Waals surface area contributed by atoms with Gasteiger partial charge in [0.2, 0.25) is 0 Å².